The first-order valence-electron chi connectivity index (χ1n) is 9.32. The molecule has 1 aliphatic rings. The van der Waals surface area contributed by atoms with Crippen LogP contribution in [0, 0.1) is 0 Å². The summed E-state index contributed by atoms with van der Waals surface area (Å²) in [5, 5.41) is 10.8. The van der Waals surface area contributed by atoms with Crippen LogP contribution in [0.15, 0.2) is 69.2 Å². The molecule has 6 nitrogen and oxygen atoms in total. The van der Waals surface area contributed by atoms with Crippen LogP contribution < -0.4 is 11.2 Å². The van der Waals surface area contributed by atoms with Crippen molar-refractivity contribution < 1.29 is 5.11 Å². The maximum absolute atomic E-state index is 12.6. The molecule has 2 heterocycles. The second kappa shape index (κ2) is 6.74. The molecule has 4 rings (SSSR count). The lowest BCUT2D eigenvalue weighted by molar-refractivity contribution is 0.305. The van der Waals surface area contributed by atoms with E-state index in [0.29, 0.717) is 11.3 Å². The topological polar surface area (TPSA) is 87.4 Å². The minimum absolute atomic E-state index is 0.0230. The summed E-state index contributed by atoms with van der Waals surface area (Å²) in [5.74, 6) is -0.365. The molecule has 0 atom stereocenters. The monoisotopic (exact) mass is 387 g/mol. The summed E-state index contributed by atoms with van der Waals surface area (Å²) in [4.78, 5) is 31.9. The highest BCUT2D eigenvalue weighted by Crippen LogP contribution is 2.38. The molecule has 2 aromatic carbocycles. The average molecular weight is 387 g/mol. The zero-order valence-corrected chi connectivity index (χ0v) is 16.4. The fourth-order valence-corrected chi connectivity index (χ4v) is 3.50. The zero-order chi connectivity index (χ0) is 20.8. The van der Waals surface area contributed by atoms with Crippen LogP contribution in [0.25, 0.3) is 11.6 Å². The van der Waals surface area contributed by atoms with Crippen molar-refractivity contribution in [3.05, 3.63) is 92.1 Å². The number of hydrogen-bond donors (Lipinski definition) is 2. The summed E-state index contributed by atoms with van der Waals surface area (Å²) in [7, 11) is 0. The lowest BCUT2D eigenvalue weighted by Crippen LogP contribution is -2.39. The largest absolute Gasteiger partial charge is 0.494 e. The molecule has 0 saturated heterocycles. The number of aliphatic imine (C=N–C) groups is 1. The molecule has 0 bridgehead atoms. The smallest absolute Gasteiger partial charge is 0.331 e. The maximum Gasteiger partial charge on any atom is 0.331 e. The molecule has 146 valence electrons. The fraction of sp³-hybridized carbons (Fsp3) is 0.174. The molecule has 0 saturated carbocycles. The normalized spacial score (nSPS) is 14.7. The Kier molecular flexibility index (Phi) is 4.34. The van der Waals surface area contributed by atoms with Gasteiger partial charge in [-0.05, 0) is 32.9 Å². The zero-order valence-electron chi connectivity index (χ0n) is 16.4. The highest BCUT2D eigenvalue weighted by atomic mass is 16.3. The SMILES string of the molecule is CC(C)(C)n1c(O)c(C=C2C(c3ccccc3)=Nc3ccccc32)c(=O)[nH]c1=O. The first-order valence-corrected chi connectivity index (χ1v) is 9.32. The van der Waals surface area contributed by atoms with E-state index in [0.717, 1.165) is 16.8 Å². The van der Waals surface area contributed by atoms with Gasteiger partial charge in [-0.1, -0.05) is 48.5 Å². The molecule has 2 N–H and O–H groups in total. The van der Waals surface area contributed by atoms with E-state index in [1.807, 2.05) is 54.6 Å². The Bertz CT molecular complexity index is 1270. The highest BCUT2D eigenvalue weighted by molar-refractivity contribution is 6.39. The third kappa shape index (κ3) is 3.23. The Hall–Kier alpha value is -3.67. The molecule has 0 fully saturated rings. The lowest BCUT2D eigenvalue weighted by atomic mass is 9.96. The van der Waals surface area contributed by atoms with Crippen molar-refractivity contribution in [1.82, 2.24) is 9.55 Å². The number of aromatic amines is 1. The van der Waals surface area contributed by atoms with Gasteiger partial charge in [-0.25, -0.2) is 9.79 Å². The van der Waals surface area contributed by atoms with Gasteiger partial charge in [0.1, 0.15) is 5.56 Å². The Balaban J connectivity index is 1.99. The number of H-pyrrole nitrogens is 1. The Labute approximate surface area is 167 Å². The van der Waals surface area contributed by atoms with Crippen LogP contribution in [0.1, 0.15) is 37.5 Å². The van der Waals surface area contributed by atoms with E-state index in [2.05, 4.69) is 4.98 Å². The lowest BCUT2D eigenvalue weighted by Gasteiger charge is -2.23. The van der Waals surface area contributed by atoms with Crippen LogP contribution in [-0.4, -0.2) is 20.4 Å². The van der Waals surface area contributed by atoms with Crippen LogP contribution in [0.5, 0.6) is 5.88 Å². The standard InChI is InChI=1S/C23H21N3O3/c1-23(2,3)26-21(28)17(20(27)25-22(26)29)13-16-15-11-7-8-12-18(15)24-19(16)14-9-5-4-6-10-14/h4-13,28H,1-3H3,(H,25,27,29). The number of benzene rings is 2. The fourth-order valence-electron chi connectivity index (χ4n) is 3.50. The molecule has 0 radical (unpaired) electrons. The molecule has 0 spiro atoms. The number of para-hydroxylation sites is 1. The van der Waals surface area contributed by atoms with E-state index in [-0.39, 0.29) is 11.4 Å². The van der Waals surface area contributed by atoms with Crippen LogP contribution in [-0.2, 0) is 5.54 Å². The minimum Gasteiger partial charge on any atom is -0.494 e. The molecule has 0 unspecified atom stereocenters. The van der Waals surface area contributed by atoms with Crippen molar-refractivity contribution in [3.63, 3.8) is 0 Å². The summed E-state index contributed by atoms with van der Waals surface area (Å²) >= 11 is 0. The van der Waals surface area contributed by atoms with Gasteiger partial charge in [-0.15, -0.1) is 0 Å². The van der Waals surface area contributed by atoms with E-state index >= 15 is 0 Å². The van der Waals surface area contributed by atoms with E-state index in [4.69, 9.17) is 4.99 Å². The number of rotatable bonds is 2. The maximum atomic E-state index is 12.6. The summed E-state index contributed by atoms with van der Waals surface area (Å²) in [6, 6.07) is 17.3. The quantitative estimate of drug-likeness (QED) is 0.703. The number of nitrogens with zero attached hydrogens (tertiary/aromatic N) is 2. The van der Waals surface area contributed by atoms with Crippen LogP contribution in [0.4, 0.5) is 5.69 Å². The van der Waals surface area contributed by atoms with Gasteiger partial charge >= 0.3 is 5.69 Å². The van der Waals surface area contributed by atoms with Crippen LogP contribution in [0.2, 0.25) is 0 Å². The molecular formula is C23H21N3O3. The number of fused-ring (bicyclic) bond motifs is 1. The van der Waals surface area contributed by atoms with Gasteiger partial charge in [-0.3, -0.25) is 14.3 Å². The third-order valence-electron chi connectivity index (χ3n) is 4.81. The number of hydrogen-bond acceptors (Lipinski definition) is 4. The van der Waals surface area contributed by atoms with Crippen LogP contribution in [0.3, 0.4) is 0 Å². The molecule has 1 aromatic heterocycles. The molecule has 0 aliphatic carbocycles. The van der Waals surface area contributed by atoms with Gasteiger partial charge in [0.2, 0.25) is 5.88 Å². The molecule has 29 heavy (non-hydrogen) atoms. The molecular weight excluding hydrogens is 366 g/mol. The van der Waals surface area contributed by atoms with Crippen molar-refractivity contribution in [3.8, 4) is 5.88 Å². The van der Waals surface area contributed by atoms with E-state index in [9.17, 15) is 14.7 Å². The molecule has 6 heteroatoms. The van der Waals surface area contributed by atoms with Crippen molar-refractivity contribution in [1.29, 1.82) is 0 Å². The minimum atomic E-state index is -0.706. The van der Waals surface area contributed by atoms with Gasteiger partial charge in [0.05, 0.1) is 11.4 Å². The van der Waals surface area contributed by atoms with E-state index in [1.165, 1.54) is 4.57 Å². The predicted octanol–water partition coefficient (Wildman–Crippen LogP) is 3.67. The molecule has 3 aromatic rings. The van der Waals surface area contributed by atoms with Crippen LogP contribution >= 0.6 is 0 Å². The van der Waals surface area contributed by atoms with Crippen molar-refractivity contribution in [2.24, 2.45) is 4.99 Å². The van der Waals surface area contributed by atoms with Crippen molar-refractivity contribution in [2.45, 2.75) is 26.3 Å². The van der Waals surface area contributed by atoms with E-state index < -0.39 is 16.8 Å². The first-order chi connectivity index (χ1) is 13.8. The number of aromatic nitrogens is 2. The van der Waals surface area contributed by atoms with Gasteiger partial charge in [0, 0.05) is 22.2 Å². The second-order valence-corrected chi connectivity index (χ2v) is 7.90. The summed E-state index contributed by atoms with van der Waals surface area (Å²) in [6.45, 7) is 5.35. The van der Waals surface area contributed by atoms with Gasteiger partial charge < -0.3 is 5.11 Å². The number of nitrogens with one attached hydrogen (secondary N) is 1. The summed E-state index contributed by atoms with van der Waals surface area (Å²) in [5.41, 5.74) is 2.00. The summed E-state index contributed by atoms with van der Waals surface area (Å²) in [6.07, 6.45) is 1.60. The highest BCUT2D eigenvalue weighted by Gasteiger charge is 2.26. The van der Waals surface area contributed by atoms with E-state index in [1.54, 1.807) is 26.8 Å². The molecule has 1 aliphatic heterocycles. The molecule has 0 amide bonds. The Morgan fingerprint density at radius 2 is 1.66 bits per heavy atom. The van der Waals surface area contributed by atoms with Gasteiger partial charge in [-0.2, -0.15) is 0 Å². The predicted molar refractivity (Wildman–Crippen MR) is 115 cm³/mol. The van der Waals surface area contributed by atoms with Crippen molar-refractivity contribution >= 4 is 23.0 Å². The Morgan fingerprint density at radius 3 is 2.34 bits per heavy atom. The first kappa shape index (κ1) is 18.7. The summed E-state index contributed by atoms with van der Waals surface area (Å²) < 4.78 is 1.18. The second-order valence-electron chi connectivity index (χ2n) is 7.90. The number of aromatic hydroxyl groups is 1. The number of allylic oxidation sites excluding steroid dienone is 1. The van der Waals surface area contributed by atoms with Gasteiger partial charge in [0.15, 0.2) is 0 Å². The third-order valence-corrected chi connectivity index (χ3v) is 4.81. The average Bonchev–Trinajstić information content (AvgIpc) is 3.03. The van der Waals surface area contributed by atoms with Crippen molar-refractivity contribution in [2.75, 3.05) is 0 Å². The Morgan fingerprint density at radius 1 is 1.00 bits per heavy atom. The van der Waals surface area contributed by atoms with Gasteiger partial charge in [0.25, 0.3) is 5.56 Å².